The third-order valence-electron chi connectivity index (χ3n) is 5.70. The predicted molar refractivity (Wildman–Crippen MR) is 112 cm³/mol. The molecule has 1 aliphatic carbocycles. The molecule has 2 nitrogen and oxygen atoms in total. The number of hydrogen-bond donors (Lipinski definition) is 1. The highest BCUT2D eigenvalue weighted by Crippen LogP contribution is 2.40. The molecule has 26 heavy (non-hydrogen) atoms. The van der Waals surface area contributed by atoms with Crippen LogP contribution >= 0.6 is 12.4 Å². The predicted octanol–water partition coefficient (Wildman–Crippen LogP) is 5.56. The van der Waals surface area contributed by atoms with Crippen molar-refractivity contribution in [2.45, 2.75) is 50.7 Å². The molecule has 142 valence electrons. The molecule has 1 saturated carbocycles. The Morgan fingerprint density at radius 2 is 1.54 bits per heavy atom. The van der Waals surface area contributed by atoms with Crippen LogP contribution in [0, 0.1) is 5.92 Å². The molecule has 2 aromatic carbocycles. The van der Waals surface area contributed by atoms with Crippen molar-refractivity contribution in [3.63, 3.8) is 0 Å². The minimum absolute atomic E-state index is 0. The fourth-order valence-electron chi connectivity index (χ4n) is 4.17. The molecule has 3 heteroatoms. The lowest BCUT2D eigenvalue weighted by atomic mass is 9.75. The summed E-state index contributed by atoms with van der Waals surface area (Å²) in [5, 5.41) is 3.60. The molecule has 2 aromatic rings. The highest BCUT2D eigenvalue weighted by molar-refractivity contribution is 5.85. The lowest BCUT2D eigenvalue weighted by Gasteiger charge is -2.42. The minimum Gasteiger partial charge on any atom is -0.364 e. The van der Waals surface area contributed by atoms with Crippen LogP contribution in [0.5, 0.6) is 0 Å². The van der Waals surface area contributed by atoms with Gasteiger partial charge in [-0.2, -0.15) is 0 Å². The van der Waals surface area contributed by atoms with Crippen LogP contribution in [-0.2, 0) is 10.3 Å². The van der Waals surface area contributed by atoms with Crippen LogP contribution in [0.3, 0.4) is 0 Å². The monoisotopic (exact) mass is 373 g/mol. The zero-order valence-corrected chi connectivity index (χ0v) is 16.8. The molecular formula is C23H32ClNO. The van der Waals surface area contributed by atoms with Crippen LogP contribution in [0.4, 0.5) is 0 Å². The topological polar surface area (TPSA) is 21.3 Å². The van der Waals surface area contributed by atoms with Crippen LogP contribution < -0.4 is 5.32 Å². The van der Waals surface area contributed by atoms with Crippen molar-refractivity contribution < 1.29 is 4.74 Å². The Morgan fingerprint density at radius 1 is 1.00 bits per heavy atom. The third kappa shape index (κ3) is 4.31. The Kier molecular flexibility index (Phi) is 8.15. The van der Waals surface area contributed by atoms with Gasteiger partial charge in [-0.3, -0.25) is 0 Å². The van der Waals surface area contributed by atoms with E-state index in [2.05, 4.69) is 80.0 Å². The maximum absolute atomic E-state index is 6.58. The molecule has 0 aliphatic heterocycles. The zero-order valence-electron chi connectivity index (χ0n) is 16.0. The zero-order chi connectivity index (χ0) is 17.5. The summed E-state index contributed by atoms with van der Waals surface area (Å²) < 4.78 is 6.58. The van der Waals surface area contributed by atoms with E-state index in [1.165, 1.54) is 36.8 Å². The summed E-state index contributed by atoms with van der Waals surface area (Å²) in [6, 6.07) is 21.7. The van der Waals surface area contributed by atoms with Gasteiger partial charge in [0.1, 0.15) is 5.60 Å². The first-order chi connectivity index (χ1) is 12.3. The van der Waals surface area contributed by atoms with Gasteiger partial charge in [-0.05, 0) is 43.9 Å². The molecule has 1 fully saturated rings. The number of hydrogen-bond acceptors (Lipinski definition) is 2. The Balaban J connectivity index is 0.00000243. The van der Waals surface area contributed by atoms with Gasteiger partial charge in [-0.25, -0.2) is 0 Å². The lowest BCUT2D eigenvalue weighted by molar-refractivity contribution is -0.0422. The molecule has 3 rings (SSSR count). The van der Waals surface area contributed by atoms with Crippen molar-refractivity contribution in [2.75, 3.05) is 13.7 Å². The number of likely N-dealkylation sites (N-methyl/N-ethyl adjacent to an activating group) is 1. The standard InChI is InChI=1S/C23H31NO.ClH/c1-3-25-23(20-13-6-4-7-14-20,21-15-8-5-9-16-21)22(24-2)18-17-19-11-10-12-19;/h4-9,13-16,19,22,24H,3,10-12,17-18H2,1-2H3;1H. The van der Waals surface area contributed by atoms with Gasteiger partial charge in [-0.1, -0.05) is 79.9 Å². The van der Waals surface area contributed by atoms with Crippen molar-refractivity contribution in [3.8, 4) is 0 Å². The quantitative estimate of drug-likeness (QED) is 0.621. The van der Waals surface area contributed by atoms with Crippen LogP contribution in [0.1, 0.15) is 50.2 Å². The first kappa shape index (κ1) is 21.0. The van der Waals surface area contributed by atoms with Gasteiger partial charge in [-0.15, -0.1) is 12.4 Å². The Morgan fingerprint density at radius 3 is 1.92 bits per heavy atom. The van der Waals surface area contributed by atoms with Gasteiger partial charge in [0.15, 0.2) is 0 Å². The summed E-state index contributed by atoms with van der Waals surface area (Å²) in [5.74, 6) is 0.904. The highest BCUT2D eigenvalue weighted by Gasteiger charge is 2.42. The highest BCUT2D eigenvalue weighted by atomic mass is 35.5. The molecule has 0 spiro atoms. The van der Waals surface area contributed by atoms with E-state index in [-0.39, 0.29) is 18.4 Å². The Labute approximate surface area is 164 Å². The molecule has 0 bridgehead atoms. The first-order valence-electron chi connectivity index (χ1n) is 9.73. The number of nitrogens with one attached hydrogen (secondary N) is 1. The van der Waals surface area contributed by atoms with E-state index in [0.29, 0.717) is 6.61 Å². The van der Waals surface area contributed by atoms with Crippen LogP contribution in [0.2, 0.25) is 0 Å². The maximum Gasteiger partial charge on any atom is 0.133 e. The molecule has 0 aromatic heterocycles. The average Bonchev–Trinajstić information content (AvgIpc) is 2.64. The maximum atomic E-state index is 6.58. The number of rotatable bonds is 9. The molecular weight excluding hydrogens is 342 g/mol. The van der Waals surface area contributed by atoms with E-state index >= 15 is 0 Å². The van der Waals surface area contributed by atoms with E-state index < -0.39 is 5.60 Å². The second kappa shape index (κ2) is 10.1. The lowest BCUT2D eigenvalue weighted by Crippen LogP contribution is -2.50. The van der Waals surface area contributed by atoms with Gasteiger partial charge in [0.2, 0.25) is 0 Å². The minimum atomic E-state index is -0.449. The summed E-state index contributed by atoms with van der Waals surface area (Å²) in [4.78, 5) is 0. The molecule has 1 atom stereocenters. The van der Waals surface area contributed by atoms with Crippen LogP contribution in [0.15, 0.2) is 60.7 Å². The van der Waals surface area contributed by atoms with Crippen LogP contribution in [0.25, 0.3) is 0 Å². The van der Waals surface area contributed by atoms with Crippen molar-refractivity contribution >= 4 is 12.4 Å². The number of benzene rings is 2. The molecule has 1 aliphatic rings. The van der Waals surface area contributed by atoms with Gasteiger partial charge in [0, 0.05) is 12.6 Å². The van der Waals surface area contributed by atoms with Gasteiger partial charge in [0.25, 0.3) is 0 Å². The van der Waals surface area contributed by atoms with E-state index in [4.69, 9.17) is 4.74 Å². The van der Waals surface area contributed by atoms with Crippen LogP contribution in [-0.4, -0.2) is 19.7 Å². The fourth-order valence-corrected chi connectivity index (χ4v) is 4.17. The normalized spacial score (nSPS) is 15.8. The van der Waals surface area contributed by atoms with E-state index in [0.717, 1.165) is 12.3 Å². The average molecular weight is 374 g/mol. The number of halogens is 1. The van der Waals surface area contributed by atoms with E-state index in [1.54, 1.807) is 0 Å². The number of ether oxygens (including phenoxy) is 1. The van der Waals surface area contributed by atoms with E-state index in [9.17, 15) is 0 Å². The third-order valence-corrected chi connectivity index (χ3v) is 5.70. The summed E-state index contributed by atoms with van der Waals surface area (Å²) >= 11 is 0. The second-order valence-corrected chi connectivity index (χ2v) is 7.12. The molecule has 0 radical (unpaired) electrons. The molecule has 0 saturated heterocycles. The first-order valence-corrected chi connectivity index (χ1v) is 9.73. The second-order valence-electron chi connectivity index (χ2n) is 7.12. The van der Waals surface area contributed by atoms with Gasteiger partial charge < -0.3 is 10.1 Å². The largest absolute Gasteiger partial charge is 0.364 e. The van der Waals surface area contributed by atoms with Crippen molar-refractivity contribution in [1.29, 1.82) is 0 Å². The van der Waals surface area contributed by atoms with Gasteiger partial charge >= 0.3 is 0 Å². The molecule has 1 N–H and O–H groups in total. The summed E-state index contributed by atoms with van der Waals surface area (Å²) in [5.41, 5.74) is 2.02. The molecule has 0 amide bonds. The summed E-state index contributed by atoms with van der Waals surface area (Å²) in [6.45, 7) is 2.78. The summed E-state index contributed by atoms with van der Waals surface area (Å²) in [6.07, 6.45) is 6.61. The van der Waals surface area contributed by atoms with Crippen molar-refractivity contribution in [1.82, 2.24) is 5.32 Å². The SMILES string of the molecule is CCOC(c1ccccc1)(c1ccccc1)C(CCC1CCC1)NC.Cl. The fraction of sp³-hybridized carbons (Fsp3) is 0.478. The Bertz CT molecular complexity index is 588. The van der Waals surface area contributed by atoms with Crippen molar-refractivity contribution in [2.24, 2.45) is 5.92 Å². The van der Waals surface area contributed by atoms with Gasteiger partial charge in [0.05, 0.1) is 0 Å². The van der Waals surface area contributed by atoms with E-state index in [1.807, 2.05) is 0 Å². The molecule has 1 unspecified atom stereocenters. The summed E-state index contributed by atoms with van der Waals surface area (Å²) in [7, 11) is 2.07. The smallest absolute Gasteiger partial charge is 0.133 e. The molecule has 0 heterocycles. The Hall–Kier alpha value is -1.35. The van der Waals surface area contributed by atoms with Crippen molar-refractivity contribution in [3.05, 3.63) is 71.8 Å².